The number of hydrogen-bond donors (Lipinski definition) is 3. The molecule has 2 fully saturated rings. The van der Waals surface area contributed by atoms with Crippen LogP contribution in [0.4, 0.5) is 0 Å². The summed E-state index contributed by atoms with van der Waals surface area (Å²) >= 11 is 0. The molecule has 3 aliphatic rings. The van der Waals surface area contributed by atoms with Crippen LogP contribution in [-0.2, 0) is 9.53 Å². The summed E-state index contributed by atoms with van der Waals surface area (Å²) in [7, 11) is 0. The van der Waals surface area contributed by atoms with Gasteiger partial charge < -0.3 is 21.5 Å². The average Bonchev–Trinajstić information content (AvgIpc) is 2.89. The van der Waals surface area contributed by atoms with E-state index in [1.165, 1.54) is 5.57 Å². The van der Waals surface area contributed by atoms with E-state index in [1.54, 1.807) is 0 Å². The fourth-order valence-electron chi connectivity index (χ4n) is 5.69. The van der Waals surface area contributed by atoms with Gasteiger partial charge in [0.25, 0.3) is 0 Å². The van der Waals surface area contributed by atoms with E-state index in [4.69, 9.17) is 4.74 Å². The van der Waals surface area contributed by atoms with E-state index in [9.17, 15) is 20.1 Å². The van der Waals surface area contributed by atoms with E-state index in [1.807, 2.05) is 6.92 Å². The first-order chi connectivity index (χ1) is 11.7. The van der Waals surface area contributed by atoms with E-state index < -0.39 is 17.5 Å². The van der Waals surface area contributed by atoms with Crippen LogP contribution in [0.2, 0.25) is 0 Å². The molecule has 0 aromatic carbocycles. The molecule has 1 heterocycles. The molecule has 0 amide bonds. The minimum Gasteiger partial charge on any atom is -1.00 e. The fourth-order valence-corrected chi connectivity index (χ4v) is 5.69. The van der Waals surface area contributed by atoms with Crippen molar-refractivity contribution in [1.29, 1.82) is 0 Å². The normalized spacial score (nSPS) is 40.1. The molecule has 5 atom stereocenters. The molecule has 3 rings (SSSR count). The number of carbonyl (C=O) groups is 1. The Morgan fingerprint density at radius 3 is 2.62 bits per heavy atom. The first-order valence-corrected chi connectivity index (χ1v) is 9.28. The van der Waals surface area contributed by atoms with Gasteiger partial charge in [-0.25, -0.2) is 4.79 Å². The zero-order chi connectivity index (χ0) is 18.4. The van der Waals surface area contributed by atoms with Crippen molar-refractivity contribution < 1.29 is 55.8 Å². The van der Waals surface area contributed by atoms with E-state index >= 15 is 0 Å². The molecule has 0 bridgehead atoms. The molecule has 2 saturated carbocycles. The van der Waals surface area contributed by atoms with Gasteiger partial charge in [-0.05, 0) is 55.8 Å². The molecular weight excluding hydrogens is 343 g/mol. The summed E-state index contributed by atoms with van der Waals surface area (Å²) in [6.07, 6.45) is 4.09. The van der Waals surface area contributed by atoms with Crippen molar-refractivity contribution in [2.75, 3.05) is 13.2 Å². The Bertz CT molecular complexity index is 621. The van der Waals surface area contributed by atoms with E-state index in [0.717, 1.165) is 25.7 Å². The number of cyclic esters (lactones) is 1. The van der Waals surface area contributed by atoms with E-state index in [0.29, 0.717) is 18.4 Å². The van der Waals surface area contributed by atoms with Crippen LogP contribution in [0.15, 0.2) is 23.5 Å². The Morgan fingerprint density at radius 1 is 1.35 bits per heavy atom. The molecule has 6 heteroatoms. The largest absolute Gasteiger partial charge is 1.00 e. The Kier molecular flexibility index (Phi) is 6.72. The summed E-state index contributed by atoms with van der Waals surface area (Å²) in [6, 6.07) is 0. The number of esters is 1. The van der Waals surface area contributed by atoms with Gasteiger partial charge in [0.15, 0.2) is 0 Å². The van der Waals surface area contributed by atoms with Crippen molar-refractivity contribution in [3.05, 3.63) is 23.5 Å². The number of hydrogen-bond acceptors (Lipinski definition) is 5. The molecule has 26 heavy (non-hydrogen) atoms. The molecule has 1 aliphatic heterocycles. The summed E-state index contributed by atoms with van der Waals surface area (Å²) in [6.45, 7) is 8.48. The van der Waals surface area contributed by atoms with Crippen LogP contribution >= 0.6 is 0 Å². The van der Waals surface area contributed by atoms with Gasteiger partial charge in [-0.3, -0.25) is 0 Å². The standard InChI is InChI=1S/C20H30O5.Na.H/c1-12-4-7-16-19(2,9-8-17(23)20(16,3)11-21)14(12)6-5-13-15(22)10-25-18(13)24;;/h14,16-17,21-23H,1,4-11H2,2-3H3;;/q;+1;-1/t14-,16+,17-,19+,20+;;/m1../s1. The van der Waals surface area contributed by atoms with Crippen molar-refractivity contribution >= 4 is 5.97 Å². The van der Waals surface area contributed by atoms with Gasteiger partial charge in [-0.2, -0.15) is 0 Å². The first kappa shape index (κ1) is 22.0. The second kappa shape index (κ2) is 7.96. The van der Waals surface area contributed by atoms with Gasteiger partial charge in [0.1, 0.15) is 12.4 Å². The van der Waals surface area contributed by atoms with Crippen LogP contribution in [0.3, 0.4) is 0 Å². The predicted octanol–water partition coefficient (Wildman–Crippen LogP) is -0.00600. The smallest absolute Gasteiger partial charge is 1.00 e. The summed E-state index contributed by atoms with van der Waals surface area (Å²) in [4.78, 5) is 11.8. The van der Waals surface area contributed by atoms with Gasteiger partial charge in [-0.15, -0.1) is 0 Å². The first-order valence-electron chi connectivity index (χ1n) is 9.28. The second-order valence-electron chi connectivity index (χ2n) is 8.57. The molecule has 0 aromatic rings. The summed E-state index contributed by atoms with van der Waals surface area (Å²) < 4.78 is 4.89. The number of fused-ring (bicyclic) bond motifs is 1. The number of carbonyl (C=O) groups excluding carboxylic acids is 1. The number of rotatable bonds is 4. The summed E-state index contributed by atoms with van der Waals surface area (Å²) in [5.41, 5.74) is 1.01. The molecule has 5 nitrogen and oxygen atoms in total. The third-order valence-electron chi connectivity index (χ3n) is 7.31. The Hall–Kier alpha value is -0.330. The number of allylic oxidation sites excluding steroid dienone is 1. The monoisotopic (exact) mass is 374 g/mol. The van der Waals surface area contributed by atoms with Gasteiger partial charge in [-0.1, -0.05) is 26.0 Å². The summed E-state index contributed by atoms with van der Waals surface area (Å²) in [5.74, 6) is 0.0490. The average molecular weight is 374 g/mol. The Morgan fingerprint density at radius 2 is 2.04 bits per heavy atom. The van der Waals surface area contributed by atoms with Crippen LogP contribution in [0, 0.1) is 22.7 Å². The SMILES string of the molecule is C=C1CC[C@@H]2[C@](C)(CO)[C@H](O)CC[C@@]2(C)[C@@H]1CCC1=C(O)COC1=O.[H-].[Na+]. The molecule has 3 N–H and O–H groups in total. The van der Waals surface area contributed by atoms with Crippen LogP contribution < -0.4 is 29.6 Å². The number of ether oxygens (including phenoxy) is 1. The Balaban J connectivity index is 0.00000182. The number of aliphatic hydroxyl groups excluding tert-OH is 3. The van der Waals surface area contributed by atoms with Crippen LogP contribution in [-0.4, -0.2) is 40.6 Å². The minimum atomic E-state index is -0.500. The zero-order valence-electron chi connectivity index (χ0n) is 17.3. The maximum atomic E-state index is 11.8. The van der Waals surface area contributed by atoms with Crippen molar-refractivity contribution in [1.82, 2.24) is 0 Å². The molecule has 0 spiro atoms. The minimum absolute atomic E-state index is 0. The third-order valence-corrected chi connectivity index (χ3v) is 7.31. The quantitative estimate of drug-likeness (QED) is 0.366. The van der Waals surface area contributed by atoms with Crippen LogP contribution in [0.1, 0.15) is 53.8 Å². The van der Waals surface area contributed by atoms with Gasteiger partial charge in [0, 0.05) is 5.41 Å². The molecule has 0 unspecified atom stereocenters. The van der Waals surface area contributed by atoms with Crippen molar-refractivity contribution in [3.63, 3.8) is 0 Å². The van der Waals surface area contributed by atoms with Crippen molar-refractivity contribution in [2.24, 2.45) is 22.7 Å². The second-order valence-corrected chi connectivity index (χ2v) is 8.57. The topological polar surface area (TPSA) is 87.0 Å². The van der Waals surface area contributed by atoms with Gasteiger partial charge >= 0.3 is 35.5 Å². The molecular formula is C20H31NaO5. The number of aliphatic hydroxyl groups is 3. The zero-order valence-corrected chi connectivity index (χ0v) is 18.3. The van der Waals surface area contributed by atoms with Crippen LogP contribution in [0.25, 0.3) is 0 Å². The van der Waals surface area contributed by atoms with Gasteiger partial charge in [0.2, 0.25) is 0 Å². The molecule has 0 saturated heterocycles. The maximum Gasteiger partial charge on any atom is 1.00 e. The molecule has 2 aliphatic carbocycles. The van der Waals surface area contributed by atoms with Gasteiger partial charge in [0.05, 0.1) is 18.3 Å². The Labute approximate surface area is 179 Å². The van der Waals surface area contributed by atoms with Crippen LogP contribution in [0.5, 0.6) is 0 Å². The fraction of sp³-hybridized carbons (Fsp3) is 0.750. The summed E-state index contributed by atoms with van der Waals surface area (Å²) in [5, 5.41) is 30.4. The molecule has 0 aromatic heterocycles. The molecule has 0 radical (unpaired) electrons. The van der Waals surface area contributed by atoms with Crippen molar-refractivity contribution in [3.8, 4) is 0 Å². The predicted molar refractivity (Wildman–Crippen MR) is 94.9 cm³/mol. The molecule has 142 valence electrons. The maximum absolute atomic E-state index is 11.8. The van der Waals surface area contributed by atoms with Crippen molar-refractivity contribution in [2.45, 2.75) is 58.5 Å². The van der Waals surface area contributed by atoms with E-state index in [2.05, 4.69) is 13.5 Å². The van der Waals surface area contributed by atoms with E-state index in [-0.39, 0.29) is 67.2 Å². The third kappa shape index (κ3) is 3.42.